The fraction of sp³-hybridized carbons (Fsp3) is 0. The molecule has 0 aromatic carbocycles. The van der Waals surface area contributed by atoms with E-state index in [1.165, 1.54) is 0 Å². The normalized spacial score (nSPS) is 10.4. The molecule has 0 aromatic rings. The molecule has 0 aliphatic rings. The number of hydrogen-bond donors (Lipinski definition) is 1. The van der Waals surface area contributed by atoms with Crippen molar-refractivity contribution in [2.45, 2.75) is 0 Å². The summed E-state index contributed by atoms with van der Waals surface area (Å²) in [5.74, 6) is 0. The van der Waals surface area contributed by atoms with Crippen molar-refractivity contribution < 1.29 is 80.8 Å². The minimum absolute atomic E-state index is 0. The molecule has 0 spiro atoms. The van der Waals surface area contributed by atoms with E-state index in [1.54, 1.807) is 0 Å². The summed E-state index contributed by atoms with van der Waals surface area (Å²) in [7, 11) is -4.99. The molecule has 0 heterocycles. The summed E-state index contributed by atoms with van der Waals surface area (Å²) in [6.45, 7) is 0. The molecule has 0 amide bonds. The molecule has 0 atom stereocenters. The zero-order chi connectivity index (χ0) is 5.91. The fourth-order valence-electron chi connectivity index (χ4n) is 0.0106. The van der Waals surface area contributed by atoms with E-state index in [9.17, 15) is 13.6 Å². The minimum atomic E-state index is -4.99. The van der Waals surface area contributed by atoms with Crippen LogP contribution >= 0.6 is 7.82 Å². The van der Waals surface area contributed by atoms with Crippen molar-refractivity contribution in [1.29, 1.82) is 0 Å². The maximum absolute atomic E-state index is 10.4. The molecule has 46 valence electrons. The van der Waals surface area contributed by atoms with Crippen LogP contribution in [0, 0.1) is 0 Å². The molecule has 0 fully saturated rings. The fourth-order valence-corrected chi connectivity index (χ4v) is 0.0319. The molecule has 0 aromatic heterocycles. The topological polar surface area (TPSA) is 55.8 Å². The smallest absolute Gasteiger partial charge is 1.00 e. The van der Waals surface area contributed by atoms with E-state index in [-0.39, 0.29) is 52.8 Å². The third-order valence-electron chi connectivity index (χ3n) is 0.174. The number of halogens is 2. The average Bonchev–Trinajstić information content (AvgIpc) is 1.68. The van der Waals surface area contributed by atoms with Crippen LogP contribution < -0.4 is 51.4 Å². The van der Waals surface area contributed by atoms with Crippen LogP contribution in [0.15, 0.2) is 0 Å². The SMILES string of the molecule is O=P(O)(OF)OF.[H-].[K+]. The minimum Gasteiger partial charge on any atom is -1.00 e. The summed E-state index contributed by atoms with van der Waals surface area (Å²) in [6.07, 6.45) is 0. The molecule has 0 radical (unpaired) electrons. The second kappa shape index (κ2) is 5.40. The van der Waals surface area contributed by atoms with Gasteiger partial charge in [-0.3, -0.25) is 4.89 Å². The van der Waals surface area contributed by atoms with E-state index in [2.05, 4.69) is 9.46 Å². The van der Waals surface area contributed by atoms with Crippen LogP contribution in [0.1, 0.15) is 1.43 Å². The first-order chi connectivity index (χ1) is 3.12. The van der Waals surface area contributed by atoms with Crippen LogP contribution in [0.2, 0.25) is 0 Å². The Hall–Kier alpha value is 1.61. The van der Waals surface area contributed by atoms with Gasteiger partial charge in [-0.25, -0.2) is 4.57 Å². The summed E-state index contributed by atoms with van der Waals surface area (Å²) < 4.78 is 34.3. The van der Waals surface area contributed by atoms with Crippen molar-refractivity contribution >= 4 is 7.82 Å². The van der Waals surface area contributed by atoms with Crippen LogP contribution in [0.4, 0.5) is 9.05 Å². The summed E-state index contributed by atoms with van der Waals surface area (Å²) in [5.41, 5.74) is 0. The first kappa shape index (κ1) is 12.3. The molecule has 4 nitrogen and oxygen atoms in total. The maximum Gasteiger partial charge on any atom is 1.00 e. The van der Waals surface area contributed by atoms with Gasteiger partial charge in [-0.1, -0.05) is 9.46 Å². The molecule has 0 aliphatic carbocycles. The Morgan fingerprint density at radius 1 is 1.50 bits per heavy atom. The molecule has 0 saturated carbocycles. The zero-order valence-corrected chi connectivity index (χ0v) is 7.89. The van der Waals surface area contributed by atoms with E-state index in [4.69, 9.17) is 4.89 Å². The Labute approximate surface area is 87.5 Å². The van der Waals surface area contributed by atoms with Gasteiger partial charge >= 0.3 is 59.2 Å². The van der Waals surface area contributed by atoms with E-state index >= 15 is 0 Å². The Morgan fingerprint density at radius 3 is 1.75 bits per heavy atom. The van der Waals surface area contributed by atoms with Gasteiger partial charge in [-0.2, -0.15) is 0 Å². The Morgan fingerprint density at radius 2 is 1.75 bits per heavy atom. The van der Waals surface area contributed by atoms with Crippen molar-refractivity contribution in [2.75, 3.05) is 0 Å². The standard InChI is InChI=1S/F2HO4P.K.H/c1-5-7(3,4)6-2;;/h(H,3,4);;/q;+1;-1. The zero-order valence-electron chi connectivity index (χ0n) is 4.88. The molecule has 0 aliphatic heterocycles. The van der Waals surface area contributed by atoms with Gasteiger partial charge in [0.1, 0.15) is 0 Å². The van der Waals surface area contributed by atoms with Gasteiger partial charge in [0.15, 0.2) is 0 Å². The first-order valence-corrected chi connectivity index (χ1v) is 2.55. The van der Waals surface area contributed by atoms with Crippen LogP contribution in [-0.4, -0.2) is 4.89 Å². The van der Waals surface area contributed by atoms with Crippen molar-refractivity contribution in [2.24, 2.45) is 0 Å². The maximum atomic E-state index is 10.4. The predicted octanol–water partition coefficient (Wildman–Crippen LogP) is -1.99. The summed E-state index contributed by atoms with van der Waals surface area (Å²) in [6, 6.07) is 0. The predicted molar refractivity (Wildman–Crippen MR) is 15.3 cm³/mol. The molecule has 1 N–H and O–H groups in total. The number of phosphoric acid groups is 1. The Kier molecular flexibility index (Phi) is 8.29. The third kappa shape index (κ3) is 5.74. The van der Waals surface area contributed by atoms with Crippen LogP contribution in [0.3, 0.4) is 0 Å². The molecule has 0 rings (SSSR count). The van der Waals surface area contributed by atoms with Crippen molar-refractivity contribution in [1.82, 2.24) is 0 Å². The molecule has 8 heavy (non-hydrogen) atoms. The van der Waals surface area contributed by atoms with Gasteiger partial charge in [0.05, 0.1) is 0 Å². The van der Waals surface area contributed by atoms with Crippen LogP contribution in [-0.2, 0) is 14.0 Å². The van der Waals surface area contributed by atoms with E-state index < -0.39 is 7.82 Å². The summed E-state index contributed by atoms with van der Waals surface area (Å²) >= 11 is 0. The summed E-state index contributed by atoms with van der Waals surface area (Å²) in [4.78, 5) is 7.49. The van der Waals surface area contributed by atoms with Gasteiger partial charge < -0.3 is 1.43 Å². The Bertz CT molecular complexity index is 90.6. The molecule has 0 bridgehead atoms. The molecule has 0 unspecified atom stereocenters. The van der Waals surface area contributed by atoms with Gasteiger partial charge in [-0.05, 0) is 9.05 Å². The largest absolute Gasteiger partial charge is 1.00 e. The van der Waals surface area contributed by atoms with Crippen molar-refractivity contribution in [3.05, 3.63) is 0 Å². The molecule has 0 saturated heterocycles. The third-order valence-corrected chi connectivity index (χ3v) is 0.523. The summed E-state index contributed by atoms with van der Waals surface area (Å²) in [5, 5.41) is 0. The molecular weight excluding hydrogens is 172 g/mol. The van der Waals surface area contributed by atoms with Gasteiger partial charge in [0.2, 0.25) is 0 Å². The van der Waals surface area contributed by atoms with E-state index in [0.29, 0.717) is 0 Å². The van der Waals surface area contributed by atoms with E-state index in [0.717, 1.165) is 0 Å². The Balaban J connectivity index is -0.000000180. The quantitative estimate of drug-likeness (QED) is 0.389. The second-order valence-electron chi connectivity index (χ2n) is 0.607. The molecule has 8 heteroatoms. The van der Waals surface area contributed by atoms with Crippen LogP contribution in [0.25, 0.3) is 0 Å². The van der Waals surface area contributed by atoms with E-state index in [1.807, 2.05) is 0 Å². The van der Waals surface area contributed by atoms with Crippen LogP contribution in [0.5, 0.6) is 0 Å². The molecular formula is H2F2KO4P. The monoisotopic (exact) mass is 174 g/mol. The average molecular weight is 174 g/mol. The number of rotatable bonds is 2. The number of hydrogen-bond acceptors (Lipinski definition) is 3. The first-order valence-electron chi connectivity index (χ1n) is 1.06. The van der Waals surface area contributed by atoms with Gasteiger partial charge in [0, 0.05) is 0 Å². The van der Waals surface area contributed by atoms with Crippen molar-refractivity contribution in [3.63, 3.8) is 0 Å². The van der Waals surface area contributed by atoms with Crippen molar-refractivity contribution in [3.8, 4) is 0 Å². The second-order valence-corrected chi connectivity index (χ2v) is 1.82. The van der Waals surface area contributed by atoms with Gasteiger partial charge in [0.25, 0.3) is 0 Å². The van der Waals surface area contributed by atoms with Gasteiger partial charge in [-0.15, -0.1) is 0 Å².